The Labute approximate surface area is 121 Å². The smallest absolute Gasteiger partial charge is 0.224 e. The van der Waals surface area contributed by atoms with Crippen LogP contribution in [0.3, 0.4) is 0 Å². The SMILES string of the molecule is CCOC(CCCNC(=O)Cc1ccccc1)OCC. The highest BCUT2D eigenvalue weighted by atomic mass is 16.7. The van der Waals surface area contributed by atoms with Crippen molar-refractivity contribution in [2.24, 2.45) is 0 Å². The normalized spacial score (nSPS) is 10.8. The van der Waals surface area contributed by atoms with Crippen molar-refractivity contribution >= 4 is 5.91 Å². The van der Waals surface area contributed by atoms with Crippen molar-refractivity contribution in [1.82, 2.24) is 5.32 Å². The molecule has 1 aromatic rings. The molecule has 1 amide bonds. The van der Waals surface area contributed by atoms with Crippen LogP contribution in [0.4, 0.5) is 0 Å². The molecule has 1 rings (SSSR count). The standard InChI is InChI=1S/C16H25NO3/c1-3-19-16(20-4-2)11-8-12-17-15(18)13-14-9-6-5-7-10-14/h5-7,9-10,16H,3-4,8,11-13H2,1-2H3,(H,17,18). The lowest BCUT2D eigenvalue weighted by molar-refractivity contribution is -0.140. The minimum absolute atomic E-state index is 0.0561. The lowest BCUT2D eigenvalue weighted by Crippen LogP contribution is -2.27. The molecule has 1 aromatic carbocycles. The maximum atomic E-state index is 11.7. The third-order valence-corrected chi connectivity index (χ3v) is 2.85. The van der Waals surface area contributed by atoms with Gasteiger partial charge in [-0.3, -0.25) is 4.79 Å². The van der Waals surface area contributed by atoms with Gasteiger partial charge in [-0.05, 0) is 25.8 Å². The number of hydrogen-bond donors (Lipinski definition) is 1. The highest BCUT2D eigenvalue weighted by molar-refractivity contribution is 5.78. The van der Waals surface area contributed by atoms with E-state index >= 15 is 0 Å². The number of carbonyl (C=O) groups is 1. The Hall–Kier alpha value is -1.39. The monoisotopic (exact) mass is 279 g/mol. The van der Waals surface area contributed by atoms with Gasteiger partial charge in [0, 0.05) is 26.2 Å². The van der Waals surface area contributed by atoms with Gasteiger partial charge in [0.25, 0.3) is 0 Å². The van der Waals surface area contributed by atoms with Gasteiger partial charge in [0.2, 0.25) is 5.91 Å². The van der Waals surface area contributed by atoms with Crippen molar-refractivity contribution < 1.29 is 14.3 Å². The molecule has 4 nitrogen and oxygen atoms in total. The van der Waals surface area contributed by atoms with Crippen molar-refractivity contribution in [1.29, 1.82) is 0 Å². The lowest BCUT2D eigenvalue weighted by Gasteiger charge is -2.16. The molecule has 1 N–H and O–H groups in total. The van der Waals surface area contributed by atoms with E-state index in [1.807, 2.05) is 44.2 Å². The molecule has 0 atom stereocenters. The summed E-state index contributed by atoms with van der Waals surface area (Å²) >= 11 is 0. The second-order valence-electron chi connectivity index (χ2n) is 4.49. The number of rotatable bonds is 10. The summed E-state index contributed by atoms with van der Waals surface area (Å²) < 4.78 is 10.9. The molecule has 0 aliphatic carbocycles. The average Bonchev–Trinajstić information content (AvgIpc) is 2.45. The summed E-state index contributed by atoms with van der Waals surface area (Å²) in [5.74, 6) is 0.0561. The highest BCUT2D eigenvalue weighted by Crippen LogP contribution is 2.04. The van der Waals surface area contributed by atoms with Gasteiger partial charge in [0.1, 0.15) is 0 Å². The van der Waals surface area contributed by atoms with E-state index in [9.17, 15) is 4.79 Å². The zero-order chi connectivity index (χ0) is 14.6. The second kappa shape index (κ2) is 10.4. The van der Waals surface area contributed by atoms with Crippen molar-refractivity contribution in [2.75, 3.05) is 19.8 Å². The van der Waals surface area contributed by atoms with E-state index in [2.05, 4.69) is 5.32 Å². The summed E-state index contributed by atoms with van der Waals surface area (Å²) in [6, 6.07) is 9.75. The maximum absolute atomic E-state index is 11.7. The summed E-state index contributed by atoms with van der Waals surface area (Å²) in [4.78, 5) is 11.7. The fraction of sp³-hybridized carbons (Fsp3) is 0.562. The molecule has 0 unspecified atom stereocenters. The maximum Gasteiger partial charge on any atom is 0.224 e. The van der Waals surface area contributed by atoms with Crippen LogP contribution in [0.5, 0.6) is 0 Å². The molecular formula is C16H25NO3. The van der Waals surface area contributed by atoms with E-state index in [1.165, 1.54) is 0 Å². The number of hydrogen-bond acceptors (Lipinski definition) is 3. The second-order valence-corrected chi connectivity index (χ2v) is 4.49. The fourth-order valence-corrected chi connectivity index (χ4v) is 1.93. The van der Waals surface area contributed by atoms with Crippen LogP contribution < -0.4 is 5.32 Å². The lowest BCUT2D eigenvalue weighted by atomic mass is 10.1. The fourth-order valence-electron chi connectivity index (χ4n) is 1.93. The van der Waals surface area contributed by atoms with Crippen LogP contribution in [0.25, 0.3) is 0 Å². The predicted molar refractivity (Wildman–Crippen MR) is 79.4 cm³/mol. The third kappa shape index (κ3) is 7.26. The minimum atomic E-state index is -0.156. The molecule has 0 heterocycles. The van der Waals surface area contributed by atoms with E-state index < -0.39 is 0 Å². The van der Waals surface area contributed by atoms with Gasteiger partial charge < -0.3 is 14.8 Å². The van der Waals surface area contributed by atoms with Gasteiger partial charge in [0.05, 0.1) is 6.42 Å². The van der Waals surface area contributed by atoms with E-state index in [-0.39, 0.29) is 12.2 Å². The van der Waals surface area contributed by atoms with Crippen LogP contribution in [0.15, 0.2) is 30.3 Å². The quantitative estimate of drug-likeness (QED) is 0.529. The Morgan fingerprint density at radius 2 is 1.80 bits per heavy atom. The molecule has 0 saturated carbocycles. The van der Waals surface area contributed by atoms with Gasteiger partial charge in [-0.25, -0.2) is 0 Å². The Morgan fingerprint density at radius 1 is 1.15 bits per heavy atom. The first-order valence-electron chi connectivity index (χ1n) is 7.30. The molecule has 20 heavy (non-hydrogen) atoms. The molecule has 0 aromatic heterocycles. The van der Waals surface area contributed by atoms with Crippen LogP contribution in [-0.2, 0) is 20.7 Å². The Balaban J connectivity index is 2.15. The van der Waals surface area contributed by atoms with Crippen molar-refractivity contribution in [3.8, 4) is 0 Å². The zero-order valence-electron chi connectivity index (χ0n) is 12.4. The number of carbonyl (C=O) groups excluding carboxylic acids is 1. The molecule has 112 valence electrons. The minimum Gasteiger partial charge on any atom is -0.356 e. The first kappa shape index (κ1) is 16.7. The Bertz CT molecular complexity index is 361. The molecule has 0 bridgehead atoms. The molecular weight excluding hydrogens is 254 g/mol. The molecule has 0 spiro atoms. The number of amides is 1. The van der Waals surface area contributed by atoms with Gasteiger partial charge in [-0.1, -0.05) is 30.3 Å². The Morgan fingerprint density at radius 3 is 2.40 bits per heavy atom. The number of ether oxygens (including phenoxy) is 2. The number of nitrogens with one attached hydrogen (secondary N) is 1. The van der Waals surface area contributed by atoms with Crippen LogP contribution in [-0.4, -0.2) is 32.0 Å². The summed E-state index contributed by atoms with van der Waals surface area (Å²) in [5.41, 5.74) is 1.03. The summed E-state index contributed by atoms with van der Waals surface area (Å²) in [7, 11) is 0. The Kier molecular flexibility index (Phi) is 8.67. The predicted octanol–water partition coefficient (Wildman–Crippen LogP) is 2.52. The first-order valence-corrected chi connectivity index (χ1v) is 7.30. The average molecular weight is 279 g/mol. The summed E-state index contributed by atoms with van der Waals surface area (Å²) in [6.07, 6.45) is 1.93. The van der Waals surface area contributed by atoms with Gasteiger partial charge in [-0.2, -0.15) is 0 Å². The molecule has 4 heteroatoms. The van der Waals surface area contributed by atoms with Crippen molar-refractivity contribution in [3.05, 3.63) is 35.9 Å². The highest BCUT2D eigenvalue weighted by Gasteiger charge is 2.08. The largest absolute Gasteiger partial charge is 0.356 e. The van der Waals surface area contributed by atoms with Crippen LogP contribution in [0.1, 0.15) is 32.3 Å². The molecule has 0 aliphatic heterocycles. The van der Waals surface area contributed by atoms with Crippen LogP contribution >= 0.6 is 0 Å². The van der Waals surface area contributed by atoms with Crippen LogP contribution in [0, 0.1) is 0 Å². The molecule has 0 radical (unpaired) electrons. The molecule has 0 aliphatic rings. The number of benzene rings is 1. The van der Waals surface area contributed by atoms with E-state index in [4.69, 9.17) is 9.47 Å². The zero-order valence-corrected chi connectivity index (χ0v) is 12.4. The van der Waals surface area contributed by atoms with E-state index in [0.717, 1.165) is 18.4 Å². The van der Waals surface area contributed by atoms with Gasteiger partial charge >= 0.3 is 0 Å². The van der Waals surface area contributed by atoms with E-state index in [1.54, 1.807) is 0 Å². The van der Waals surface area contributed by atoms with E-state index in [0.29, 0.717) is 26.2 Å². The molecule has 0 saturated heterocycles. The van der Waals surface area contributed by atoms with Gasteiger partial charge in [0.15, 0.2) is 6.29 Å². The van der Waals surface area contributed by atoms with Crippen LogP contribution in [0.2, 0.25) is 0 Å². The van der Waals surface area contributed by atoms with Crippen molar-refractivity contribution in [3.63, 3.8) is 0 Å². The third-order valence-electron chi connectivity index (χ3n) is 2.85. The van der Waals surface area contributed by atoms with Gasteiger partial charge in [-0.15, -0.1) is 0 Å². The summed E-state index contributed by atoms with van der Waals surface area (Å²) in [5, 5.41) is 2.92. The topological polar surface area (TPSA) is 47.6 Å². The molecule has 0 fully saturated rings. The van der Waals surface area contributed by atoms with Crippen molar-refractivity contribution in [2.45, 2.75) is 39.4 Å². The first-order chi connectivity index (χ1) is 9.76. The summed E-state index contributed by atoms with van der Waals surface area (Å²) in [6.45, 7) is 5.85.